The van der Waals surface area contributed by atoms with Crippen LogP contribution in [0.5, 0.6) is 5.75 Å². The normalized spacial score (nSPS) is 16.4. The molecule has 2 rings (SSSR count). The summed E-state index contributed by atoms with van der Waals surface area (Å²) < 4.78 is 5.71. The van der Waals surface area contributed by atoms with Gasteiger partial charge in [-0.15, -0.1) is 0 Å². The van der Waals surface area contributed by atoms with E-state index < -0.39 is 0 Å². The smallest absolute Gasteiger partial charge is 0.269 e. The monoisotopic (exact) mass is 318 g/mol. The number of hydrogen-bond donors (Lipinski definition) is 2. The first-order chi connectivity index (χ1) is 11.1. The largest absolute Gasteiger partial charge is 0.491 e. The van der Waals surface area contributed by atoms with Crippen LogP contribution in [0.15, 0.2) is 24.3 Å². The van der Waals surface area contributed by atoms with Crippen molar-refractivity contribution in [3.8, 4) is 5.75 Å². The Kier molecular flexibility index (Phi) is 6.44. The highest BCUT2D eigenvalue weighted by molar-refractivity contribution is 5.95. The molecule has 1 saturated carbocycles. The van der Waals surface area contributed by atoms with E-state index in [9.17, 15) is 9.59 Å². The lowest BCUT2D eigenvalue weighted by molar-refractivity contribution is -0.126. The third kappa shape index (κ3) is 5.27. The molecule has 5 nitrogen and oxygen atoms in total. The van der Waals surface area contributed by atoms with Gasteiger partial charge in [-0.2, -0.15) is 0 Å². The van der Waals surface area contributed by atoms with Crippen LogP contribution in [-0.4, -0.2) is 17.9 Å². The molecule has 0 spiro atoms. The van der Waals surface area contributed by atoms with E-state index in [2.05, 4.69) is 10.9 Å². The highest BCUT2D eigenvalue weighted by Gasteiger charge is 2.21. The first kappa shape index (κ1) is 17.3. The van der Waals surface area contributed by atoms with Crippen LogP contribution in [0.1, 0.15) is 62.7 Å². The summed E-state index contributed by atoms with van der Waals surface area (Å²) in [6, 6.07) is 6.99. The third-order valence-corrected chi connectivity index (χ3v) is 4.28. The molecule has 1 aliphatic rings. The Hall–Kier alpha value is -2.04. The van der Waals surface area contributed by atoms with E-state index in [-0.39, 0.29) is 23.8 Å². The summed E-state index contributed by atoms with van der Waals surface area (Å²) in [6.07, 6.45) is 6.16. The third-order valence-electron chi connectivity index (χ3n) is 4.28. The number of carbonyl (C=O) groups excluding carboxylic acids is 2. The average Bonchev–Trinajstić information content (AvgIpc) is 2.60. The molecule has 23 heavy (non-hydrogen) atoms. The topological polar surface area (TPSA) is 67.4 Å². The van der Waals surface area contributed by atoms with Gasteiger partial charge in [-0.05, 0) is 44.4 Å². The fourth-order valence-corrected chi connectivity index (χ4v) is 2.68. The van der Waals surface area contributed by atoms with E-state index in [1.807, 2.05) is 19.9 Å². The Morgan fingerprint density at radius 1 is 1.22 bits per heavy atom. The fraction of sp³-hybridized carbons (Fsp3) is 0.556. The molecule has 0 radical (unpaired) electrons. The second kappa shape index (κ2) is 8.56. The zero-order valence-corrected chi connectivity index (χ0v) is 13.9. The van der Waals surface area contributed by atoms with Crippen molar-refractivity contribution in [3.05, 3.63) is 29.8 Å². The van der Waals surface area contributed by atoms with Crippen LogP contribution < -0.4 is 15.6 Å². The van der Waals surface area contributed by atoms with Gasteiger partial charge < -0.3 is 4.74 Å². The summed E-state index contributed by atoms with van der Waals surface area (Å²) in [5.74, 6) is 0.253. The van der Waals surface area contributed by atoms with E-state index in [1.54, 1.807) is 18.2 Å². The first-order valence-electron chi connectivity index (χ1n) is 8.47. The SMILES string of the molecule is CCC(C)Oc1cccc(C(=O)NNC(=O)C2CCCCC2)c1. The molecule has 0 aliphatic heterocycles. The van der Waals surface area contributed by atoms with Gasteiger partial charge in [-0.25, -0.2) is 0 Å². The summed E-state index contributed by atoms with van der Waals surface area (Å²) in [4.78, 5) is 24.2. The fourth-order valence-electron chi connectivity index (χ4n) is 2.68. The number of hydrogen-bond acceptors (Lipinski definition) is 3. The quantitative estimate of drug-likeness (QED) is 0.819. The van der Waals surface area contributed by atoms with Gasteiger partial charge in [0.1, 0.15) is 5.75 Å². The van der Waals surface area contributed by atoms with Crippen molar-refractivity contribution < 1.29 is 14.3 Å². The van der Waals surface area contributed by atoms with Gasteiger partial charge in [0, 0.05) is 11.5 Å². The molecule has 1 atom stereocenters. The maximum Gasteiger partial charge on any atom is 0.269 e. The molecule has 0 bridgehead atoms. The molecule has 1 aliphatic carbocycles. The predicted molar refractivity (Wildman–Crippen MR) is 89.0 cm³/mol. The van der Waals surface area contributed by atoms with Gasteiger partial charge in [0.15, 0.2) is 0 Å². The molecule has 1 aromatic rings. The van der Waals surface area contributed by atoms with Crippen molar-refractivity contribution in [2.45, 2.75) is 58.5 Å². The Morgan fingerprint density at radius 3 is 2.65 bits per heavy atom. The molecule has 2 N–H and O–H groups in total. The zero-order chi connectivity index (χ0) is 16.7. The standard InChI is InChI=1S/C18H26N2O3/c1-3-13(2)23-16-11-7-10-15(12-16)18(22)20-19-17(21)14-8-5-4-6-9-14/h7,10-14H,3-6,8-9H2,1-2H3,(H,19,21)(H,20,22). The van der Waals surface area contributed by atoms with Crippen molar-refractivity contribution in [2.24, 2.45) is 5.92 Å². The molecular weight excluding hydrogens is 292 g/mol. The summed E-state index contributed by atoms with van der Waals surface area (Å²) >= 11 is 0. The molecule has 1 fully saturated rings. The van der Waals surface area contributed by atoms with Crippen molar-refractivity contribution in [2.75, 3.05) is 0 Å². The molecule has 1 aromatic carbocycles. The van der Waals surface area contributed by atoms with Crippen LogP contribution >= 0.6 is 0 Å². The van der Waals surface area contributed by atoms with E-state index in [1.165, 1.54) is 6.42 Å². The van der Waals surface area contributed by atoms with E-state index >= 15 is 0 Å². The Morgan fingerprint density at radius 2 is 1.96 bits per heavy atom. The summed E-state index contributed by atoms with van der Waals surface area (Å²) in [5, 5.41) is 0. The minimum Gasteiger partial charge on any atom is -0.491 e. The summed E-state index contributed by atoms with van der Waals surface area (Å²) in [5.41, 5.74) is 5.51. The van der Waals surface area contributed by atoms with Crippen molar-refractivity contribution in [3.63, 3.8) is 0 Å². The number of carbonyl (C=O) groups is 2. The summed E-state index contributed by atoms with van der Waals surface area (Å²) in [6.45, 7) is 4.03. The molecule has 0 saturated heterocycles. The van der Waals surface area contributed by atoms with Crippen molar-refractivity contribution in [1.29, 1.82) is 0 Å². The number of nitrogens with one attached hydrogen (secondary N) is 2. The minimum atomic E-state index is -0.330. The number of rotatable bonds is 5. The predicted octanol–water partition coefficient (Wildman–Crippen LogP) is 3.21. The van der Waals surface area contributed by atoms with Crippen molar-refractivity contribution >= 4 is 11.8 Å². The zero-order valence-electron chi connectivity index (χ0n) is 13.9. The maximum atomic E-state index is 12.2. The Bertz CT molecular complexity index is 539. The summed E-state index contributed by atoms with van der Waals surface area (Å²) in [7, 11) is 0. The van der Waals surface area contributed by atoms with Crippen LogP contribution in [0.25, 0.3) is 0 Å². The van der Waals surface area contributed by atoms with Gasteiger partial charge in [-0.1, -0.05) is 32.3 Å². The molecule has 0 heterocycles. The molecule has 1 unspecified atom stereocenters. The van der Waals surface area contributed by atoms with Gasteiger partial charge in [0.25, 0.3) is 5.91 Å². The minimum absolute atomic E-state index is 0.0177. The second-order valence-electron chi connectivity index (χ2n) is 6.14. The van der Waals surface area contributed by atoms with Crippen LogP contribution in [0.2, 0.25) is 0 Å². The van der Waals surface area contributed by atoms with Gasteiger partial charge in [-0.3, -0.25) is 20.4 Å². The highest BCUT2D eigenvalue weighted by atomic mass is 16.5. The van der Waals surface area contributed by atoms with Crippen molar-refractivity contribution in [1.82, 2.24) is 10.9 Å². The van der Waals surface area contributed by atoms with Crippen LogP contribution in [0.3, 0.4) is 0 Å². The van der Waals surface area contributed by atoms with Crippen LogP contribution in [-0.2, 0) is 4.79 Å². The van der Waals surface area contributed by atoms with Gasteiger partial charge >= 0.3 is 0 Å². The van der Waals surface area contributed by atoms with E-state index in [0.29, 0.717) is 11.3 Å². The lowest BCUT2D eigenvalue weighted by atomic mass is 9.89. The Labute approximate surface area is 137 Å². The first-order valence-corrected chi connectivity index (χ1v) is 8.47. The van der Waals surface area contributed by atoms with Gasteiger partial charge in [0.2, 0.25) is 5.91 Å². The van der Waals surface area contributed by atoms with Crippen LogP contribution in [0, 0.1) is 5.92 Å². The molecule has 5 heteroatoms. The Balaban J connectivity index is 1.87. The average molecular weight is 318 g/mol. The lowest BCUT2D eigenvalue weighted by Crippen LogP contribution is -2.44. The van der Waals surface area contributed by atoms with E-state index in [4.69, 9.17) is 4.74 Å². The molecule has 0 aromatic heterocycles. The van der Waals surface area contributed by atoms with Gasteiger partial charge in [0.05, 0.1) is 6.10 Å². The van der Waals surface area contributed by atoms with Crippen LogP contribution in [0.4, 0.5) is 0 Å². The number of hydrazine groups is 1. The number of benzene rings is 1. The molecule has 126 valence electrons. The number of ether oxygens (including phenoxy) is 1. The second-order valence-corrected chi connectivity index (χ2v) is 6.14. The highest BCUT2D eigenvalue weighted by Crippen LogP contribution is 2.23. The molecular formula is C18H26N2O3. The lowest BCUT2D eigenvalue weighted by Gasteiger charge is -2.20. The van der Waals surface area contributed by atoms with E-state index in [0.717, 1.165) is 32.1 Å². The maximum absolute atomic E-state index is 12.2. The molecule has 2 amide bonds. The number of amides is 2.